The fourth-order valence-electron chi connectivity index (χ4n) is 4.14. The van der Waals surface area contributed by atoms with Gasteiger partial charge in [0.15, 0.2) is 0 Å². The van der Waals surface area contributed by atoms with Gasteiger partial charge in [0.25, 0.3) is 0 Å². The maximum absolute atomic E-state index is 4.44. The molecule has 1 aliphatic carbocycles. The summed E-state index contributed by atoms with van der Waals surface area (Å²) in [6, 6.07) is 1.10. The van der Waals surface area contributed by atoms with Gasteiger partial charge in [-0.2, -0.15) is 5.10 Å². The van der Waals surface area contributed by atoms with Crippen LogP contribution in [0.5, 0.6) is 0 Å². The zero-order chi connectivity index (χ0) is 16.1. The molecule has 1 N–H and O–H groups in total. The normalized spacial score (nSPS) is 24.4. The molecule has 1 aromatic heterocycles. The van der Waals surface area contributed by atoms with Gasteiger partial charge in [-0.25, -0.2) is 0 Å². The number of likely N-dealkylation sites (tertiary alicyclic amines) is 1. The second kappa shape index (κ2) is 8.29. The lowest BCUT2D eigenvalue weighted by atomic mass is 9.88. The molecule has 23 heavy (non-hydrogen) atoms. The fraction of sp³-hybridized carbons (Fsp3) is 0.842. The Labute approximate surface area is 141 Å². The van der Waals surface area contributed by atoms with Crippen LogP contribution in [0.15, 0.2) is 12.4 Å². The minimum absolute atomic E-state index is 0.449. The van der Waals surface area contributed by atoms with E-state index in [1.807, 2.05) is 10.9 Å². The van der Waals surface area contributed by atoms with Crippen molar-refractivity contribution in [2.45, 2.75) is 77.4 Å². The predicted octanol–water partition coefficient (Wildman–Crippen LogP) is 3.60. The lowest BCUT2D eigenvalue weighted by Crippen LogP contribution is -2.47. The number of hydrogen-bond acceptors (Lipinski definition) is 3. The smallest absolute Gasteiger partial charge is 0.0534 e. The molecule has 2 fully saturated rings. The molecule has 3 rings (SSSR count). The quantitative estimate of drug-likeness (QED) is 0.870. The molecule has 0 aromatic carbocycles. The zero-order valence-electron chi connectivity index (χ0n) is 15.0. The van der Waals surface area contributed by atoms with Gasteiger partial charge >= 0.3 is 0 Å². The second-order valence-electron chi connectivity index (χ2n) is 7.91. The van der Waals surface area contributed by atoms with Crippen molar-refractivity contribution in [1.82, 2.24) is 20.0 Å². The molecule has 0 spiro atoms. The molecule has 1 aliphatic heterocycles. The third-order valence-electron chi connectivity index (χ3n) is 5.53. The lowest BCUT2D eigenvalue weighted by molar-refractivity contribution is 0.149. The molecule has 2 aliphatic rings. The first-order chi connectivity index (χ1) is 11.2. The van der Waals surface area contributed by atoms with E-state index in [2.05, 4.69) is 35.4 Å². The van der Waals surface area contributed by atoms with E-state index in [0.717, 1.165) is 12.5 Å². The Morgan fingerprint density at radius 2 is 2.00 bits per heavy atom. The van der Waals surface area contributed by atoms with Gasteiger partial charge < -0.3 is 10.2 Å². The molecule has 4 heteroatoms. The van der Waals surface area contributed by atoms with Crippen LogP contribution in [0.1, 0.15) is 70.4 Å². The van der Waals surface area contributed by atoms with Gasteiger partial charge in [-0.1, -0.05) is 19.3 Å². The molecule has 2 heterocycles. The molecule has 130 valence electrons. The van der Waals surface area contributed by atoms with E-state index in [-0.39, 0.29) is 0 Å². The largest absolute Gasteiger partial charge is 0.309 e. The summed E-state index contributed by atoms with van der Waals surface area (Å²) in [5.74, 6) is 0.965. The summed E-state index contributed by atoms with van der Waals surface area (Å²) in [5, 5.41) is 8.20. The molecule has 1 saturated heterocycles. The highest BCUT2D eigenvalue weighted by molar-refractivity contribution is 5.04. The molecule has 1 atom stereocenters. The SMILES string of the molecule is CC(C)n1cc(CN[C@@H]2CCCN(CC3CCCCC3)C2)cn1. The van der Waals surface area contributed by atoms with Gasteiger partial charge in [0.05, 0.1) is 6.20 Å². The van der Waals surface area contributed by atoms with Crippen LogP contribution in [0.3, 0.4) is 0 Å². The van der Waals surface area contributed by atoms with Crippen molar-refractivity contribution in [2.24, 2.45) is 5.92 Å². The van der Waals surface area contributed by atoms with Gasteiger partial charge in [0, 0.05) is 43.5 Å². The Morgan fingerprint density at radius 1 is 1.17 bits per heavy atom. The van der Waals surface area contributed by atoms with Crippen molar-refractivity contribution in [3.05, 3.63) is 18.0 Å². The monoisotopic (exact) mass is 318 g/mol. The number of piperidine rings is 1. The molecule has 1 aromatic rings. The van der Waals surface area contributed by atoms with Crippen LogP contribution in [-0.2, 0) is 6.54 Å². The van der Waals surface area contributed by atoms with Crippen molar-refractivity contribution in [2.75, 3.05) is 19.6 Å². The van der Waals surface area contributed by atoms with Crippen LogP contribution in [0.25, 0.3) is 0 Å². The first-order valence-electron chi connectivity index (χ1n) is 9.69. The van der Waals surface area contributed by atoms with E-state index >= 15 is 0 Å². The molecule has 0 bridgehead atoms. The average Bonchev–Trinajstić information content (AvgIpc) is 3.04. The summed E-state index contributed by atoms with van der Waals surface area (Å²) in [6.07, 6.45) is 14.2. The van der Waals surface area contributed by atoms with E-state index in [1.165, 1.54) is 70.1 Å². The Kier molecular flexibility index (Phi) is 6.12. The van der Waals surface area contributed by atoms with Crippen LogP contribution < -0.4 is 5.32 Å². The van der Waals surface area contributed by atoms with Gasteiger partial charge in [-0.15, -0.1) is 0 Å². The molecular formula is C19H34N4. The van der Waals surface area contributed by atoms with E-state index in [9.17, 15) is 0 Å². The van der Waals surface area contributed by atoms with E-state index in [0.29, 0.717) is 12.1 Å². The average molecular weight is 319 g/mol. The Morgan fingerprint density at radius 3 is 2.74 bits per heavy atom. The number of rotatable bonds is 6. The molecule has 0 unspecified atom stereocenters. The van der Waals surface area contributed by atoms with Crippen molar-refractivity contribution >= 4 is 0 Å². The number of nitrogens with one attached hydrogen (secondary N) is 1. The number of nitrogens with zero attached hydrogens (tertiary/aromatic N) is 3. The fourth-order valence-corrected chi connectivity index (χ4v) is 4.14. The minimum atomic E-state index is 0.449. The summed E-state index contributed by atoms with van der Waals surface area (Å²) >= 11 is 0. The van der Waals surface area contributed by atoms with Gasteiger partial charge in [0.1, 0.15) is 0 Å². The number of aromatic nitrogens is 2. The first-order valence-corrected chi connectivity index (χ1v) is 9.69. The molecule has 0 amide bonds. The van der Waals surface area contributed by atoms with Crippen LogP contribution in [-0.4, -0.2) is 40.4 Å². The third kappa shape index (κ3) is 5.05. The Hall–Kier alpha value is -0.870. The zero-order valence-corrected chi connectivity index (χ0v) is 15.0. The molecular weight excluding hydrogens is 284 g/mol. The van der Waals surface area contributed by atoms with Crippen LogP contribution in [0.2, 0.25) is 0 Å². The van der Waals surface area contributed by atoms with E-state index in [4.69, 9.17) is 0 Å². The van der Waals surface area contributed by atoms with Crippen molar-refractivity contribution in [3.63, 3.8) is 0 Å². The predicted molar refractivity (Wildman–Crippen MR) is 95.5 cm³/mol. The molecule has 1 saturated carbocycles. The maximum Gasteiger partial charge on any atom is 0.0534 e. The van der Waals surface area contributed by atoms with Gasteiger partial charge in [0.2, 0.25) is 0 Å². The highest BCUT2D eigenvalue weighted by atomic mass is 15.3. The molecule has 4 nitrogen and oxygen atoms in total. The Balaban J connectivity index is 1.42. The minimum Gasteiger partial charge on any atom is -0.309 e. The van der Waals surface area contributed by atoms with E-state index < -0.39 is 0 Å². The molecule has 0 radical (unpaired) electrons. The second-order valence-corrected chi connectivity index (χ2v) is 7.91. The highest BCUT2D eigenvalue weighted by Crippen LogP contribution is 2.25. The topological polar surface area (TPSA) is 33.1 Å². The standard InChI is InChI=1S/C19H34N4/c1-16(2)23-14-18(12-21-23)11-20-19-9-6-10-22(15-19)13-17-7-4-3-5-8-17/h12,14,16-17,19-20H,3-11,13,15H2,1-2H3/t19-/m1/s1. The summed E-state index contributed by atoms with van der Waals surface area (Å²) in [7, 11) is 0. The van der Waals surface area contributed by atoms with Gasteiger partial charge in [-0.05, 0) is 52.0 Å². The van der Waals surface area contributed by atoms with Crippen LogP contribution in [0, 0.1) is 5.92 Å². The lowest BCUT2D eigenvalue weighted by Gasteiger charge is -2.36. The van der Waals surface area contributed by atoms with Crippen LogP contribution in [0.4, 0.5) is 0 Å². The third-order valence-corrected chi connectivity index (χ3v) is 5.53. The highest BCUT2D eigenvalue weighted by Gasteiger charge is 2.23. The summed E-state index contributed by atoms with van der Waals surface area (Å²) in [4.78, 5) is 2.72. The van der Waals surface area contributed by atoms with Crippen molar-refractivity contribution in [1.29, 1.82) is 0 Å². The van der Waals surface area contributed by atoms with Crippen LogP contribution >= 0.6 is 0 Å². The van der Waals surface area contributed by atoms with Crippen molar-refractivity contribution in [3.8, 4) is 0 Å². The summed E-state index contributed by atoms with van der Waals surface area (Å²) in [5.41, 5.74) is 1.31. The summed E-state index contributed by atoms with van der Waals surface area (Å²) < 4.78 is 2.05. The maximum atomic E-state index is 4.44. The van der Waals surface area contributed by atoms with E-state index in [1.54, 1.807) is 0 Å². The van der Waals surface area contributed by atoms with Crippen molar-refractivity contribution < 1.29 is 0 Å². The Bertz CT molecular complexity index is 462. The summed E-state index contributed by atoms with van der Waals surface area (Å²) in [6.45, 7) is 9.18. The number of hydrogen-bond donors (Lipinski definition) is 1. The first kappa shape index (κ1) is 17.0. The van der Waals surface area contributed by atoms with Gasteiger partial charge in [-0.3, -0.25) is 4.68 Å².